The molecule has 0 aliphatic heterocycles. The summed E-state index contributed by atoms with van der Waals surface area (Å²) in [5.74, 6) is 0.739. The van der Waals surface area contributed by atoms with Gasteiger partial charge in [0.1, 0.15) is 17.7 Å². The molecule has 0 aliphatic rings. The standard InChI is InChI=1S/C14H10N6/c1-2-4-11(5-3-1)20-8-10(6-17-20)13-18-12-7-15-9-16-14(12)19-13/h1-9H,(H,15,16,18,19). The molecule has 4 aromatic rings. The highest BCUT2D eigenvalue weighted by atomic mass is 15.3. The van der Waals surface area contributed by atoms with Gasteiger partial charge in [0.2, 0.25) is 0 Å². The molecule has 0 amide bonds. The minimum atomic E-state index is 0.655. The molecule has 20 heavy (non-hydrogen) atoms. The van der Waals surface area contributed by atoms with Gasteiger partial charge in [0.15, 0.2) is 5.65 Å². The predicted octanol–water partition coefficient (Wildman–Crippen LogP) is 2.21. The second kappa shape index (κ2) is 4.27. The summed E-state index contributed by atoms with van der Waals surface area (Å²) in [5.41, 5.74) is 3.39. The SMILES string of the molecule is c1ccc(-n2cc(-c3nc4ncncc4[nH]3)cn2)cc1. The van der Waals surface area contributed by atoms with Gasteiger partial charge in [-0.2, -0.15) is 5.10 Å². The second-order valence-electron chi connectivity index (χ2n) is 4.35. The summed E-state index contributed by atoms with van der Waals surface area (Å²) >= 11 is 0. The Morgan fingerprint density at radius 3 is 2.80 bits per heavy atom. The lowest BCUT2D eigenvalue weighted by Gasteiger charge is -1.98. The number of hydrogen-bond donors (Lipinski definition) is 1. The van der Waals surface area contributed by atoms with E-state index in [9.17, 15) is 0 Å². The Hall–Kier alpha value is -3.02. The first-order chi connectivity index (χ1) is 9.90. The maximum atomic E-state index is 4.43. The average Bonchev–Trinajstić information content (AvgIpc) is 3.14. The predicted molar refractivity (Wildman–Crippen MR) is 74.2 cm³/mol. The number of imidazole rings is 1. The zero-order valence-electron chi connectivity index (χ0n) is 10.4. The third-order valence-corrected chi connectivity index (χ3v) is 3.04. The largest absolute Gasteiger partial charge is 0.335 e. The molecule has 6 heteroatoms. The normalized spacial score (nSPS) is 11.0. The van der Waals surface area contributed by atoms with E-state index >= 15 is 0 Å². The number of H-pyrrole nitrogens is 1. The second-order valence-corrected chi connectivity index (χ2v) is 4.35. The Morgan fingerprint density at radius 1 is 1.05 bits per heavy atom. The van der Waals surface area contributed by atoms with Gasteiger partial charge in [-0.05, 0) is 12.1 Å². The molecular formula is C14H10N6. The number of nitrogens with one attached hydrogen (secondary N) is 1. The van der Waals surface area contributed by atoms with Gasteiger partial charge in [-0.25, -0.2) is 19.6 Å². The van der Waals surface area contributed by atoms with Gasteiger partial charge in [0.25, 0.3) is 0 Å². The highest BCUT2D eigenvalue weighted by Gasteiger charge is 2.08. The minimum absolute atomic E-state index is 0.655. The topological polar surface area (TPSA) is 72.3 Å². The Labute approximate surface area is 114 Å². The Bertz CT molecular complexity index is 828. The molecule has 6 nitrogen and oxygen atoms in total. The summed E-state index contributed by atoms with van der Waals surface area (Å²) in [5, 5.41) is 4.35. The summed E-state index contributed by atoms with van der Waals surface area (Å²) in [7, 11) is 0. The fourth-order valence-electron chi connectivity index (χ4n) is 2.07. The van der Waals surface area contributed by atoms with E-state index in [1.165, 1.54) is 6.33 Å². The molecule has 3 aromatic heterocycles. The van der Waals surface area contributed by atoms with Crippen LogP contribution in [-0.4, -0.2) is 29.7 Å². The number of hydrogen-bond acceptors (Lipinski definition) is 4. The molecule has 4 rings (SSSR count). The molecule has 0 fully saturated rings. The summed E-state index contributed by atoms with van der Waals surface area (Å²) in [4.78, 5) is 15.7. The van der Waals surface area contributed by atoms with Gasteiger partial charge in [-0.15, -0.1) is 0 Å². The van der Waals surface area contributed by atoms with E-state index in [1.54, 1.807) is 12.4 Å². The quantitative estimate of drug-likeness (QED) is 0.601. The van der Waals surface area contributed by atoms with E-state index in [0.29, 0.717) is 5.65 Å². The lowest BCUT2D eigenvalue weighted by Crippen LogP contribution is -1.92. The van der Waals surface area contributed by atoms with Crippen molar-refractivity contribution in [2.75, 3.05) is 0 Å². The van der Waals surface area contributed by atoms with Gasteiger partial charge in [0.05, 0.1) is 23.6 Å². The van der Waals surface area contributed by atoms with E-state index in [1.807, 2.05) is 41.2 Å². The molecule has 0 unspecified atom stereocenters. The first kappa shape index (κ1) is 10.9. The first-order valence-electron chi connectivity index (χ1n) is 6.16. The number of aromatic amines is 1. The van der Waals surface area contributed by atoms with Crippen LogP contribution >= 0.6 is 0 Å². The van der Waals surface area contributed by atoms with Crippen molar-refractivity contribution in [3.05, 3.63) is 55.2 Å². The van der Waals surface area contributed by atoms with E-state index < -0.39 is 0 Å². The third kappa shape index (κ3) is 1.74. The van der Waals surface area contributed by atoms with Crippen molar-refractivity contribution in [2.24, 2.45) is 0 Å². The maximum Gasteiger partial charge on any atom is 0.181 e. The molecule has 0 saturated heterocycles. The van der Waals surface area contributed by atoms with E-state index in [0.717, 1.165) is 22.6 Å². The molecule has 0 aliphatic carbocycles. The number of aromatic nitrogens is 6. The molecule has 0 bridgehead atoms. The Kier molecular flexibility index (Phi) is 2.32. The van der Waals surface area contributed by atoms with Gasteiger partial charge in [-0.3, -0.25) is 0 Å². The van der Waals surface area contributed by atoms with Crippen LogP contribution in [0.5, 0.6) is 0 Å². The molecule has 1 aromatic carbocycles. The first-order valence-corrected chi connectivity index (χ1v) is 6.16. The highest BCUT2D eigenvalue weighted by Crippen LogP contribution is 2.19. The molecule has 0 atom stereocenters. The van der Waals surface area contributed by atoms with E-state index in [-0.39, 0.29) is 0 Å². The van der Waals surface area contributed by atoms with Gasteiger partial charge in [-0.1, -0.05) is 18.2 Å². The van der Waals surface area contributed by atoms with Crippen molar-refractivity contribution in [2.45, 2.75) is 0 Å². The zero-order chi connectivity index (χ0) is 13.4. The van der Waals surface area contributed by atoms with E-state index in [4.69, 9.17) is 0 Å². The van der Waals surface area contributed by atoms with Gasteiger partial charge < -0.3 is 4.98 Å². The lowest BCUT2D eigenvalue weighted by molar-refractivity contribution is 0.880. The van der Waals surface area contributed by atoms with Crippen molar-refractivity contribution < 1.29 is 0 Å². The molecule has 0 radical (unpaired) electrons. The van der Waals surface area contributed by atoms with Crippen molar-refractivity contribution in [1.29, 1.82) is 0 Å². The van der Waals surface area contributed by atoms with Crippen LogP contribution in [0, 0.1) is 0 Å². The summed E-state index contributed by atoms with van der Waals surface area (Å²) in [6, 6.07) is 9.94. The number of nitrogens with zero attached hydrogens (tertiary/aromatic N) is 5. The van der Waals surface area contributed by atoms with E-state index in [2.05, 4.69) is 25.0 Å². The van der Waals surface area contributed by atoms with Gasteiger partial charge in [0, 0.05) is 6.20 Å². The molecular weight excluding hydrogens is 252 g/mol. The van der Waals surface area contributed by atoms with Crippen molar-refractivity contribution in [3.63, 3.8) is 0 Å². The number of fused-ring (bicyclic) bond motifs is 1. The molecule has 3 heterocycles. The minimum Gasteiger partial charge on any atom is -0.335 e. The Balaban J connectivity index is 1.78. The van der Waals surface area contributed by atoms with Crippen LogP contribution in [0.15, 0.2) is 55.2 Å². The summed E-state index contributed by atoms with van der Waals surface area (Å²) in [6.45, 7) is 0. The van der Waals surface area contributed by atoms with Crippen LogP contribution in [0.4, 0.5) is 0 Å². The lowest BCUT2D eigenvalue weighted by atomic mass is 10.3. The van der Waals surface area contributed by atoms with Crippen molar-refractivity contribution in [1.82, 2.24) is 29.7 Å². The van der Waals surface area contributed by atoms with Crippen LogP contribution in [0.25, 0.3) is 28.2 Å². The van der Waals surface area contributed by atoms with Crippen LogP contribution in [0.3, 0.4) is 0 Å². The van der Waals surface area contributed by atoms with Crippen molar-refractivity contribution in [3.8, 4) is 17.1 Å². The molecule has 0 spiro atoms. The highest BCUT2D eigenvalue weighted by molar-refractivity contribution is 5.74. The van der Waals surface area contributed by atoms with Crippen LogP contribution in [0.1, 0.15) is 0 Å². The van der Waals surface area contributed by atoms with Gasteiger partial charge >= 0.3 is 0 Å². The average molecular weight is 262 g/mol. The van der Waals surface area contributed by atoms with Crippen molar-refractivity contribution >= 4 is 11.2 Å². The monoisotopic (exact) mass is 262 g/mol. The van der Waals surface area contributed by atoms with Crippen LogP contribution in [0.2, 0.25) is 0 Å². The van der Waals surface area contributed by atoms with Crippen LogP contribution < -0.4 is 0 Å². The summed E-state index contributed by atoms with van der Waals surface area (Å²) < 4.78 is 1.81. The van der Waals surface area contributed by atoms with Crippen LogP contribution in [-0.2, 0) is 0 Å². The third-order valence-electron chi connectivity index (χ3n) is 3.04. The smallest absolute Gasteiger partial charge is 0.181 e. The summed E-state index contributed by atoms with van der Waals surface area (Å²) in [6.07, 6.45) is 6.90. The number of rotatable bonds is 2. The molecule has 96 valence electrons. The Morgan fingerprint density at radius 2 is 1.95 bits per heavy atom. The fraction of sp³-hybridized carbons (Fsp3) is 0. The molecule has 0 saturated carbocycles. The molecule has 1 N–H and O–H groups in total. The maximum absolute atomic E-state index is 4.43. The zero-order valence-corrected chi connectivity index (χ0v) is 10.4. The number of para-hydroxylation sites is 1. The number of benzene rings is 1. The fourth-order valence-corrected chi connectivity index (χ4v) is 2.07.